The molecule has 0 atom stereocenters. The Labute approximate surface area is 162 Å². The van der Waals surface area contributed by atoms with Crippen molar-refractivity contribution in [3.05, 3.63) is 47.9 Å². The molecule has 2 N–H and O–H groups in total. The number of aromatic nitrogens is 3. The highest BCUT2D eigenvalue weighted by molar-refractivity contribution is 6.06. The minimum absolute atomic E-state index is 0.131. The Balaban J connectivity index is 1.32. The fraction of sp³-hybridized carbons (Fsp3) is 0.350. The van der Waals surface area contributed by atoms with Gasteiger partial charge in [-0.3, -0.25) is 4.79 Å². The van der Waals surface area contributed by atoms with Crippen molar-refractivity contribution in [3.63, 3.8) is 0 Å². The fourth-order valence-corrected chi connectivity index (χ4v) is 3.23. The molecule has 0 unspecified atom stereocenters. The van der Waals surface area contributed by atoms with E-state index in [1.54, 1.807) is 6.20 Å². The normalized spacial score (nSPS) is 14.2. The Hall–Kier alpha value is -3.13. The molecule has 0 saturated carbocycles. The predicted octanol–water partition coefficient (Wildman–Crippen LogP) is 1.91. The van der Waals surface area contributed by atoms with Crippen LogP contribution in [-0.4, -0.2) is 60.3 Å². The van der Waals surface area contributed by atoms with E-state index in [4.69, 9.17) is 9.47 Å². The van der Waals surface area contributed by atoms with Crippen molar-refractivity contribution in [3.8, 4) is 5.88 Å². The maximum atomic E-state index is 12.4. The molecule has 4 rings (SSSR count). The molecule has 0 bridgehead atoms. The molecule has 0 radical (unpaired) electrons. The van der Waals surface area contributed by atoms with Gasteiger partial charge in [-0.25, -0.2) is 4.98 Å². The summed E-state index contributed by atoms with van der Waals surface area (Å²) in [6.45, 7) is 5.54. The minimum atomic E-state index is -0.131. The number of fused-ring (bicyclic) bond motifs is 1. The minimum Gasteiger partial charge on any atom is -0.476 e. The molecule has 3 heterocycles. The number of anilines is 1. The third kappa shape index (κ3) is 4.07. The van der Waals surface area contributed by atoms with E-state index in [1.165, 1.54) is 0 Å². The number of ether oxygens (including phenoxy) is 2. The van der Waals surface area contributed by atoms with E-state index in [2.05, 4.69) is 25.2 Å². The van der Waals surface area contributed by atoms with E-state index in [9.17, 15) is 4.79 Å². The number of H-pyrrole nitrogens is 1. The number of para-hydroxylation sites is 1. The van der Waals surface area contributed by atoms with Gasteiger partial charge in [-0.15, -0.1) is 0 Å². The molecule has 1 aromatic carbocycles. The molecule has 1 amide bonds. The van der Waals surface area contributed by atoms with Crippen molar-refractivity contribution < 1.29 is 14.3 Å². The van der Waals surface area contributed by atoms with Crippen LogP contribution in [0.25, 0.3) is 10.9 Å². The number of nitrogens with one attached hydrogen (secondary N) is 2. The lowest BCUT2D eigenvalue weighted by atomic mass is 10.1. The lowest BCUT2D eigenvalue weighted by molar-refractivity contribution is 0.0948. The molecule has 0 aliphatic carbocycles. The highest BCUT2D eigenvalue weighted by atomic mass is 16.5. The van der Waals surface area contributed by atoms with Crippen LogP contribution in [0.4, 0.5) is 5.82 Å². The standard InChI is InChI=1S/C20H23N5O3/c1-14-23-18(25-7-10-27-11-8-25)12-19(24-14)28-9-6-21-20(26)16-13-22-17-5-3-2-4-15(16)17/h2-5,12-13,22H,6-11H2,1H3,(H,21,26). The third-order valence-electron chi connectivity index (χ3n) is 4.61. The predicted molar refractivity (Wildman–Crippen MR) is 106 cm³/mol. The molecular formula is C20H23N5O3. The van der Waals surface area contributed by atoms with Gasteiger partial charge in [-0.2, -0.15) is 4.98 Å². The van der Waals surface area contributed by atoms with Crippen molar-refractivity contribution in [1.82, 2.24) is 20.3 Å². The molecular weight excluding hydrogens is 358 g/mol. The van der Waals surface area contributed by atoms with E-state index < -0.39 is 0 Å². The van der Waals surface area contributed by atoms with Gasteiger partial charge < -0.3 is 24.7 Å². The first kappa shape index (κ1) is 18.2. The summed E-state index contributed by atoms with van der Waals surface area (Å²) in [4.78, 5) is 26.5. The Morgan fingerprint density at radius 2 is 2.11 bits per heavy atom. The number of aromatic amines is 1. The summed E-state index contributed by atoms with van der Waals surface area (Å²) in [6, 6.07) is 9.55. The third-order valence-corrected chi connectivity index (χ3v) is 4.61. The summed E-state index contributed by atoms with van der Waals surface area (Å²) < 4.78 is 11.1. The summed E-state index contributed by atoms with van der Waals surface area (Å²) in [5.74, 6) is 1.87. The van der Waals surface area contributed by atoms with Crippen molar-refractivity contribution in [2.45, 2.75) is 6.92 Å². The highest BCUT2D eigenvalue weighted by Gasteiger charge is 2.15. The van der Waals surface area contributed by atoms with Crippen LogP contribution in [0.5, 0.6) is 5.88 Å². The molecule has 28 heavy (non-hydrogen) atoms. The quantitative estimate of drug-likeness (QED) is 0.634. The molecule has 1 fully saturated rings. The van der Waals surface area contributed by atoms with Gasteiger partial charge in [-0.1, -0.05) is 18.2 Å². The van der Waals surface area contributed by atoms with Gasteiger partial charge in [-0.05, 0) is 13.0 Å². The van der Waals surface area contributed by atoms with Crippen molar-refractivity contribution in [2.24, 2.45) is 0 Å². The van der Waals surface area contributed by atoms with Crippen molar-refractivity contribution in [2.75, 3.05) is 44.4 Å². The van der Waals surface area contributed by atoms with Gasteiger partial charge in [0.25, 0.3) is 5.91 Å². The molecule has 1 aliphatic heterocycles. The van der Waals surface area contributed by atoms with Gasteiger partial charge in [0.2, 0.25) is 5.88 Å². The van der Waals surface area contributed by atoms with E-state index in [0.717, 1.165) is 29.8 Å². The molecule has 3 aromatic rings. The largest absolute Gasteiger partial charge is 0.476 e. The van der Waals surface area contributed by atoms with Crippen LogP contribution in [0.15, 0.2) is 36.5 Å². The average Bonchev–Trinajstić information content (AvgIpc) is 3.16. The van der Waals surface area contributed by atoms with E-state index >= 15 is 0 Å². The van der Waals surface area contributed by atoms with Crippen LogP contribution >= 0.6 is 0 Å². The van der Waals surface area contributed by atoms with E-state index in [-0.39, 0.29) is 5.91 Å². The monoisotopic (exact) mass is 381 g/mol. The van der Waals surface area contributed by atoms with Crippen LogP contribution in [0.2, 0.25) is 0 Å². The van der Waals surface area contributed by atoms with Gasteiger partial charge >= 0.3 is 0 Å². The topological polar surface area (TPSA) is 92.4 Å². The number of carbonyl (C=O) groups is 1. The van der Waals surface area contributed by atoms with Gasteiger partial charge in [0.05, 0.1) is 25.3 Å². The molecule has 8 nitrogen and oxygen atoms in total. The van der Waals surface area contributed by atoms with E-state index in [1.807, 2.05) is 37.3 Å². The Morgan fingerprint density at radius 1 is 1.29 bits per heavy atom. The number of nitrogens with zero attached hydrogens (tertiary/aromatic N) is 3. The second-order valence-corrected chi connectivity index (χ2v) is 6.56. The SMILES string of the molecule is Cc1nc(OCCNC(=O)c2c[nH]c3ccccc23)cc(N2CCOCC2)n1. The zero-order valence-corrected chi connectivity index (χ0v) is 15.8. The first-order valence-electron chi connectivity index (χ1n) is 9.36. The Morgan fingerprint density at radius 3 is 2.96 bits per heavy atom. The Kier molecular flexibility index (Phi) is 5.38. The van der Waals surface area contributed by atoms with Crippen LogP contribution in [0.1, 0.15) is 16.2 Å². The lowest BCUT2D eigenvalue weighted by Crippen LogP contribution is -2.37. The number of benzene rings is 1. The summed E-state index contributed by atoms with van der Waals surface area (Å²) in [5.41, 5.74) is 1.57. The average molecular weight is 381 g/mol. The summed E-state index contributed by atoms with van der Waals surface area (Å²) in [7, 11) is 0. The van der Waals surface area contributed by atoms with Crippen molar-refractivity contribution in [1.29, 1.82) is 0 Å². The summed E-state index contributed by atoms with van der Waals surface area (Å²) in [5, 5.41) is 3.79. The van der Waals surface area contributed by atoms with Crippen LogP contribution in [0.3, 0.4) is 0 Å². The number of hydrogen-bond acceptors (Lipinski definition) is 6. The molecule has 146 valence electrons. The molecule has 0 spiro atoms. The Bertz CT molecular complexity index is 965. The van der Waals surface area contributed by atoms with Gasteiger partial charge in [0.15, 0.2) is 0 Å². The first-order valence-corrected chi connectivity index (χ1v) is 9.36. The van der Waals surface area contributed by atoms with E-state index in [0.29, 0.717) is 43.6 Å². The van der Waals surface area contributed by atoms with Crippen LogP contribution in [0, 0.1) is 6.92 Å². The highest BCUT2D eigenvalue weighted by Crippen LogP contribution is 2.19. The van der Waals surface area contributed by atoms with Crippen LogP contribution in [-0.2, 0) is 4.74 Å². The summed E-state index contributed by atoms with van der Waals surface area (Å²) in [6.07, 6.45) is 1.73. The molecule has 1 aliphatic rings. The summed E-state index contributed by atoms with van der Waals surface area (Å²) >= 11 is 0. The number of hydrogen-bond donors (Lipinski definition) is 2. The maximum Gasteiger partial charge on any atom is 0.253 e. The number of rotatable bonds is 6. The maximum absolute atomic E-state index is 12.4. The smallest absolute Gasteiger partial charge is 0.253 e. The van der Waals surface area contributed by atoms with Crippen LogP contribution < -0.4 is 15.0 Å². The zero-order valence-electron chi connectivity index (χ0n) is 15.8. The van der Waals surface area contributed by atoms with Gasteiger partial charge in [0, 0.05) is 36.3 Å². The zero-order chi connectivity index (χ0) is 19.3. The molecule has 8 heteroatoms. The number of amides is 1. The van der Waals surface area contributed by atoms with Crippen molar-refractivity contribution >= 4 is 22.6 Å². The fourth-order valence-electron chi connectivity index (χ4n) is 3.23. The number of morpholine rings is 1. The first-order chi connectivity index (χ1) is 13.7. The second kappa shape index (κ2) is 8.26. The number of carbonyl (C=O) groups excluding carboxylic acids is 1. The lowest BCUT2D eigenvalue weighted by Gasteiger charge is -2.28. The second-order valence-electron chi connectivity index (χ2n) is 6.56. The van der Waals surface area contributed by atoms with Gasteiger partial charge in [0.1, 0.15) is 18.2 Å². The number of aryl methyl sites for hydroxylation is 1. The molecule has 2 aromatic heterocycles. The molecule has 1 saturated heterocycles.